The highest BCUT2D eigenvalue weighted by Gasteiger charge is 2.28. The van der Waals surface area contributed by atoms with E-state index in [1.165, 1.54) is 0 Å². The molecule has 0 saturated heterocycles. The molecule has 5 heteroatoms. The smallest absolute Gasteiger partial charge is 0.175 e. The highest BCUT2D eigenvalue weighted by atomic mass is 79.9. The first-order valence-corrected chi connectivity index (χ1v) is 8.45. The van der Waals surface area contributed by atoms with Gasteiger partial charge in [0.25, 0.3) is 0 Å². The minimum absolute atomic E-state index is 0.139. The van der Waals surface area contributed by atoms with E-state index in [1.807, 2.05) is 19.1 Å². The molecule has 2 atom stereocenters. The van der Waals surface area contributed by atoms with Gasteiger partial charge in [-0.1, -0.05) is 6.92 Å². The van der Waals surface area contributed by atoms with E-state index in [0.29, 0.717) is 12.4 Å². The van der Waals surface area contributed by atoms with Crippen LogP contribution in [0.2, 0.25) is 0 Å². The van der Waals surface area contributed by atoms with Gasteiger partial charge in [-0.15, -0.1) is 0 Å². The number of benzene rings is 1. The van der Waals surface area contributed by atoms with Crippen LogP contribution in [0, 0.1) is 0 Å². The zero-order chi connectivity index (χ0) is 15.2. The van der Waals surface area contributed by atoms with E-state index >= 15 is 0 Å². The molecular weight excluding hydrogens is 334 g/mol. The maximum atomic E-state index is 9.94. The van der Waals surface area contributed by atoms with Crippen LogP contribution in [0.1, 0.15) is 38.7 Å². The summed E-state index contributed by atoms with van der Waals surface area (Å²) in [6, 6.07) is 4.05. The molecule has 0 aromatic heterocycles. The van der Waals surface area contributed by atoms with Gasteiger partial charge in [0.1, 0.15) is 6.10 Å². The Hall–Kier alpha value is -0.780. The Morgan fingerprint density at radius 1 is 1.33 bits per heavy atom. The van der Waals surface area contributed by atoms with Crippen LogP contribution in [0.5, 0.6) is 11.5 Å². The van der Waals surface area contributed by atoms with Crippen molar-refractivity contribution in [1.82, 2.24) is 5.32 Å². The van der Waals surface area contributed by atoms with Crippen LogP contribution in [0.3, 0.4) is 0 Å². The van der Waals surface area contributed by atoms with Gasteiger partial charge in [0.05, 0.1) is 17.2 Å². The molecule has 0 amide bonds. The molecule has 0 heterocycles. The summed E-state index contributed by atoms with van der Waals surface area (Å²) in [5.41, 5.74) is 1.14. The molecule has 1 aromatic rings. The first-order chi connectivity index (χ1) is 10.2. The normalized spacial score (nSPS) is 21.5. The predicted molar refractivity (Wildman–Crippen MR) is 87.0 cm³/mol. The summed E-state index contributed by atoms with van der Waals surface area (Å²) in [6.07, 6.45) is 2.18. The van der Waals surface area contributed by atoms with Crippen molar-refractivity contribution in [1.29, 1.82) is 0 Å². The number of hydrogen-bond acceptors (Lipinski definition) is 4. The molecule has 2 N–H and O–H groups in total. The lowest BCUT2D eigenvalue weighted by atomic mass is 10.2. The van der Waals surface area contributed by atoms with Gasteiger partial charge in [-0.3, -0.25) is 0 Å². The maximum absolute atomic E-state index is 9.94. The Balaban J connectivity index is 2.21. The average molecular weight is 358 g/mol. The van der Waals surface area contributed by atoms with E-state index in [9.17, 15) is 5.11 Å². The minimum Gasteiger partial charge on any atom is -0.490 e. The molecule has 118 valence electrons. The molecule has 4 nitrogen and oxygen atoms in total. The first-order valence-electron chi connectivity index (χ1n) is 7.66. The summed E-state index contributed by atoms with van der Waals surface area (Å²) in [4.78, 5) is 0. The van der Waals surface area contributed by atoms with Crippen LogP contribution in [0.4, 0.5) is 0 Å². The number of nitrogens with one attached hydrogen (secondary N) is 1. The molecule has 1 aliphatic carbocycles. The average Bonchev–Trinajstić information content (AvgIpc) is 2.86. The molecule has 2 rings (SSSR count). The van der Waals surface area contributed by atoms with E-state index < -0.39 is 0 Å². The summed E-state index contributed by atoms with van der Waals surface area (Å²) in [6.45, 7) is 6.34. The summed E-state index contributed by atoms with van der Waals surface area (Å²) >= 11 is 3.57. The fourth-order valence-electron chi connectivity index (χ4n) is 2.57. The van der Waals surface area contributed by atoms with Gasteiger partial charge in [0.2, 0.25) is 0 Å². The quantitative estimate of drug-likeness (QED) is 0.786. The Kier molecular flexibility index (Phi) is 6.33. The molecule has 0 radical (unpaired) electrons. The molecule has 0 spiro atoms. The maximum Gasteiger partial charge on any atom is 0.175 e. The molecule has 1 aliphatic rings. The van der Waals surface area contributed by atoms with Gasteiger partial charge in [-0.2, -0.15) is 0 Å². The lowest BCUT2D eigenvalue weighted by Crippen LogP contribution is -2.26. The standard InChI is InChI=1S/C16H24BrNO3/c1-3-18-10-11-8-12(17)16(15(9-11)20-4-2)21-14-7-5-6-13(14)19/h8-9,13-14,18-19H,3-7,10H2,1-2H3. The number of ether oxygens (including phenoxy) is 2. The molecular formula is C16H24BrNO3. The van der Waals surface area contributed by atoms with Crippen molar-refractivity contribution in [2.75, 3.05) is 13.2 Å². The van der Waals surface area contributed by atoms with Crippen LogP contribution in [-0.4, -0.2) is 30.5 Å². The molecule has 21 heavy (non-hydrogen) atoms. The SMILES string of the molecule is CCNCc1cc(Br)c(OC2CCCC2O)c(OCC)c1. The van der Waals surface area contributed by atoms with Crippen molar-refractivity contribution in [2.24, 2.45) is 0 Å². The van der Waals surface area contributed by atoms with Crippen molar-refractivity contribution in [3.8, 4) is 11.5 Å². The number of rotatable bonds is 7. The predicted octanol–water partition coefficient (Wildman–Crippen LogP) is 3.25. The molecule has 0 aliphatic heterocycles. The van der Waals surface area contributed by atoms with E-state index in [1.54, 1.807) is 0 Å². The van der Waals surface area contributed by atoms with Gasteiger partial charge < -0.3 is 19.9 Å². The largest absolute Gasteiger partial charge is 0.490 e. The Morgan fingerprint density at radius 2 is 2.14 bits per heavy atom. The van der Waals surface area contributed by atoms with Crippen molar-refractivity contribution in [3.63, 3.8) is 0 Å². The molecule has 2 unspecified atom stereocenters. The second kappa shape index (κ2) is 8.01. The van der Waals surface area contributed by atoms with E-state index in [0.717, 1.165) is 48.1 Å². The zero-order valence-electron chi connectivity index (χ0n) is 12.7. The monoisotopic (exact) mass is 357 g/mol. The third-order valence-electron chi connectivity index (χ3n) is 3.64. The van der Waals surface area contributed by atoms with E-state index in [2.05, 4.69) is 28.2 Å². The van der Waals surface area contributed by atoms with Gasteiger partial charge in [0.15, 0.2) is 11.5 Å². The van der Waals surface area contributed by atoms with Crippen LogP contribution in [-0.2, 0) is 6.54 Å². The molecule has 1 aromatic carbocycles. The third kappa shape index (κ3) is 4.34. The fourth-order valence-corrected chi connectivity index (χ4v) is 3.15. The van der Waals surface area contributed by atoms with Crippen molar-refractivity contribution in [3.05, 3.63) is 22.2 Å². The highest BCUT2D eigenvalue weighted by Crippen LogP contribution is 2.39. The lowest BCUT2D eigenvalue weighted by molar-refractivity contribution is 0.0577. The van der Waals surface area contributed by atoms with Gasteiger partial charge in [-0.05, 0) is 66.4 Å². The summed E-state index contributed by atoms with van der Waals surface area (Å²) in [5, 5.41) is 13.2. The highest BCUT2D eigenvalue weighted by molar-refractivity contribution is 9.10. The Morgan fingerprint density at radius 3 is 2.76 bits per heavy atom. The van der Waals surface area contributed by atoms with Crippen LogP contribution in [0.15, 0.2) is 16.6 Å². The van der Waals surface area contributed by atoms with E-state index in [-0.39, 0.29) is 12.2 Å². The minimum atomic E-state index is -0.382. The second-order valence-corrected chi connectivity index (χ2v) is 6.13. The zero-order valence-corrected chi connectivity index (χ0v) is 14.3. The summed E-state index contributed by atoms with van der Waals surface area (Å²) < 4.78 is 12.6. The first kappa shape index (κ1) is 16.6. The van der Waals surface area contributed by atoms with Gasteiger partial charge in [-0.25, -0.2) is 0 Å². The fraction of sp³-hybridized carbons (Fsp3) is 0.625. The number of aliphatic hydroxyl groups is 1. The third-order valence-corrected chi connectivity index (χ3v) is 4.22. The van der Waals surface area contributed by atoms with Gasteiger partial charge >= 0.3 is 0 Å². The summed E-state index contributed by atoms with van der Waals surface area (Å²) in [7, 11) is 0. The number of halogens is 1. The second-order valence-electron chi connectivity index (χ2n) is 5.27. The number of hydrogen-bond donors (Lipinski definition) is 2. The molecule has 1 fully saturated rings. The van der Waals surface area contributed by atoms with Crippen molar-refractivity contribution < 1.29 is 14.6 Å². The van der Waals surface area contributed by atoms with Crippen LogP contribution in [0.25, 0.3) is 0 Å². The lowest BCUT2D eigenvalue weighted by Gasteiger charge is -2.21. The summed E-state index contributed by atoms with van der Waals surface area (Å²) in [5.74, 6) is 1.43. The van der Waals surface area contributed by atoms with Crippen molar-refractivity contribution >= 4 is 15.9 Å². The van der Waals surface area contributed by atoms with Crippen LogP contribution < -0.4 is 14.8 Å². The Bertz CT molecular complexity index is 467. The van der Waals surface area contributed by atoms with Crippen LogP contribution >= 0.6 is 15.9 Å². The number of aliphatic hydroxyl groups excluding tert-OH is 1. The molecule has 0 bridgehead atoms. The topological polar surface area (TPSA) is 50.7 Å². The molecule has 1 saturated carbocycles. The van der Waals surface area contributed by atoms with Crippen molar-refractivity contribution in [2.45, 2.75) is 51.9 Å². The van der Waals surface area contributed by atoms with Gasteiger partial charge in [0, 0.05) is 6.54 Å². The Labute approximate surface area is 135 Å². The van der Waals surface area contributed by atoms with E-state index in [4.69, 9.17) is 9.47 Å².